The first-order valence-corrected chi connectivity index (χ1v) is 5.41. The van der Waals surface area contributed by atoms with Gasteiger partial charge in [-0.15, -0.1) is 0 Å². The maximum absolute atomic E-state index is 11.1. The van der Waals surface area contributed by atoms with E-state index in [1.807, 2.05) is 0 Å². The second-order valence-corrected chi connectivity index (χ2v) is 3.37. The monoisotopic (exact) mass is 236 g/mol. The lowest BCUT2D eigenvalue weighted by Crippen LogP contribution is -2.09. The number of benzene rings is 1. The van der Waals surface area contributed by atoms with Crippen LogP contribution in [-0.2, 0) is 9.53 Å². The normalized spacial score (nSPS) is 12.4. The highest BCUT2D eigenvalue weighted by Gasteiger charge is 1.98. The molecule has 92 valence electrons. The quantitative estimate of drug-likeness (QED) is 0.482. The molecule has 4 nitrogen and oxygen atoms in total. The summed E-state index contributed by atoms with van der Waals surface area (Å²) in [5, 5.41) is 9.01. The maximum Gasteiger partial charge on any atom is 0.330 e. The number of esters is 1. The minimum absolute atomic E-state index is 0.364. The summed E-state index contributed by atoms with van der Waals surface area (Å²) < 4.78 is 9.83. The zero-order valence-electron chi connectivity index (χ0n) is 9.92. The molecule has 1 unspecified atom stereocenters. The Balaban J connectivity index is 2.59. The van der Waals surface area contributed by atoms with Gasteiger partial charge >= 0.3 is 5.97 Å². The molecule has 1 N–H and O–H groups in total. The van der Waals surface area contributed by atoms with Crippen molar-refractivity contribution < 1.29 is 19.4 Å². The standard InChI is InChI=1S/C13H16O4/c1-3-16-13(15)9-6-11-4-7-12(8-5-11)17-10(2)14/h4-10,14H,3H2,1-2H3/b9-6+. The van der Waals surface area contributed by atoms with Gasteiger partial charge < -0.3 is 14.6 Å². The van der Waals surface area contributed by atoms with E-state index in [4.69, 9.17) is 14.6 Å². The van der Waals surface area contributed by atoms with Gasteiger partial charge in [0.15, 0.2) is 6.29 Å². The molecule has 0 saturated carbocycles. The summed E-state index contributed by atoms with van der Waals surface area (Å²) in [6.07, 6.45) is 2.19. The fraction of sp³-hybridized carbons (Fsp3) is 0.308. The highest BCUT2D eigenvalue weighted by molar-refractivity contribution is 5.87. The van der Waals surface area contributed by atoms with Crippen LogP contribution in [0.3, 0.4) is 0 Å². The zero-order chi connectivity index (χ0) is 12.7. The average Bonchev–Trinajstić information content (AvgIpc) is 2.28. The zero-order valence-corrected chi connectivity index (χ0v) is 9.92. The van der Waals surface area contributed by atoms with Gasteiger partial charge in [-0.2, -0.15) is 0 Å². The van der Waals surface area contributed by atoms with E-state index in [0.29, 0.717) is 12.4 Å². The summed E-state index contributed by atoms with van der Waals surface area (Å²) >= 11 is 0. The van der Waals surface area contributed by atoms with Crippen molar-refractivity contribution in [3.8, 4) is 5.75 Å². The van der Waals surface area contributed by atoms with Crippen LogP contribution >= 0.6 is 0 Å². The summed E-state index contributed by atoms with van der Waals surface area (Å²) in [6, 6.07) is 7.01. The molecule has 4 heteroatoms. The van der Waals surface area contributed by atoms with Crippen molar-refractivity contribution >= 4 is 12.0 Å². The predicted octanol–water partition coefficient (Wildman–Crippen LogP) is 1.98. The van der Waals surface area contributed by atoms with Gasteiger partial charge in [0, 0.05) is 6.08 Å². The van der Waals surface area contributed by atoms with E-state index in [1.165, 1.54) is 13.0 Å². The average molecular weight is 236 g/mol. The van der Waals surface area contributed by atoms with Crippen LogP contribution < -0.4 is 4.74 Å². The lowest BCUT2D eigenvalue weighted by Gasteiger charge is -2.08. The smallest absolute Gasteiger partial charge is 0.330 e. The molecule has 0 aliphatic rings. The van der Waals surface area contributed by atoms with Gasteiger partial charge in [-0.05, 0) is 37.6 Å². The Bertz CT molecular complexity index is 379. The Morgan fingerprint density at radius 2 is 2.06 bits per heavy atom. The maximum atomic E-state index is 11.1. The Morgan fingerprint density at radius 1 is 1.41 bits per heavy atom. The number of carbonyl (C=O) groups is 1. The van der Waals surface area contributed by atoms with Crippen LogP contribution in [0.25, 0.3) is 6.08 Å². The molecule has 1 rings (SSSR count). The van der Waals surface area contributed by atoms with Gasteiger partial charge in [0.25, 0.3) is 0 Å². The number of aliphatic hydroxyl groups is 1. The van der Waals surface area contributed by atoms with Crippen LogP contribution in [0, 0.1) is 0 Å². The van der Waals surface area contributed by atoms with E-state index in [9.17, 15) is 4.79 Å². The number of rotatable bonds is 5. The summed E-state index contributed by atoms with van der Waals surface area (Å²) in [5.74, 6) is 0.213. The molecule has 1 atom stereocenters. The molecule has 0 amide bonds. The van der Waals surface area contributed by atoms with Crippen LogP contribution in [0.2, 0.25) is 0 Å². The molecular formula is C13H16O4. The molecule has 0 fully saturated rings. The molecule has 0 aromatic heterocycles. The molecule has 0 saturated heterocycles. The highest BCUT2D eigenvalue weighted by Crippen LogP contribution is 2.14. The second kappa shape index (κ2) is 6.70. The van der Waals surface area contributed by atoms with Gasteiger partial charge in [0.1, 0.15) is 5.75 Å². The Labute approximate surface area is 100 Å². The van der Waals surface area contributed by atoms with Crippen LogP contribution in [0.15, 0.2) is 30.3 Å². The van der Waals surface area contributed by atoms with Crippen molar-refractivity contribution in [2.75, 3.05) is 6.61 Å². The third kappa shape index (κ3) is 5.17. The summed E-state index contributed by atoms with van der Waals surface area (Å²) in [6.45, 7) is 3.66. The van der Waals surface area contributed by atoms with Crippen molar-refractivity contribution in [3.63, 3.8) is 0 Å². The Morgan fingerprint density at radius 3 is 2.59 bits per heavy atom. The van der Waals surface area contributed by atoms with Crippen molar-refractivity contribution in [2.24, 2.45) is 0 Å². The van der Waals surface area contributed by atoms with Crippen molar-refractivity contribution in [3.05, 3.63) is 35.9 Å². The Kier molecular flexibility index (Phi) is 5.23. The van der Waals surface area contributed by atoms with Gasteiger partial charge in [0.05, 0.1) is 6.61 Å². The van der Waals surface area contributed by atoms with Crippen molar-refractivity contribution in [2.45, 2.75) is 20.1 Å². The molecule has 0 aliphatic carbocycles. The molecule has 17 heavy (non-hydrogen) atoms. The second-order valence-electron chi connectivity index (χ2n) is 3.37. The number of carbonyl (C=O) groups excluding carboxylic acids is 1. The van der Waals surface area contributed by atoms with Gasteiger partial charge in [0.2, 0.25) is 0 Å². The van der Waals surface area contributed by atoms with Crippen LogP contribution in [-0.4, -0.2) is 24.0 Å². The molecular weight excluding hydrogens is 220 g/mol. The molecule has 0 bridgehead atoms. The predicted molar refractivity (Wildman–Crippen MR) is 64.4 cm³/mol. The first kappa shape index (κ1) is 13.3. The molecule has 1 aromatic carbocycles. The first-order valence-electron chi connectivity index (χ1n) is 5.41. The minimum atomic E-state index is -0.837. The van der Waals surface area contributed by atoms with Crippen LogP contribution in [0.1, 0.15) is 19.4 Å². The van der Waals surface area contributed by atoms with Gasteiger partial charge in [-0.25, -0.2) is 4.79 Å². The van der Waals surface area contributed by atoms with E-state index in [0.717, 1.165) is 5.56 Å². The lowest BCUT2D eigenvalue weighted by molar-refractivity contribution is -0.137. The van der Waals surface area contributed by atoms with E-state index in [-0.39, 0.29) is 5.97 Å². The molecule has 0 spiro atoms. The minimum Gasteiger partial charge on any atom is -0.465 e. The third-order valence-corrected chi connectivity index (χ3v) is 1.89. The molecule has 1 aromatic rings. The summed E-state index contributed by atoms with van der Waals surface area (Å²) in [5.41, 5.74) is 0.857. The number of aliphatic hydroxyl groups excluding tert-OH is 1. The SMILES string of the molecule is CCOC(=O)/C=C/c1ccc(OC(C)O)cc1. The van der Waals surface area contributed by atoms with Crippen molar-refractivity contribution in [1.29, 1.82) is 0 Å². The molecule has 0 heterocycles. The van der Waals surface area contributed by atoms with Crippen LogP contribution in [0.4, 0.5) is 0 Å². The fourth-order valence-corrected chi connectivity index (χ4v) is 1.21. The number of hydrogen-bond acceptors (Lipinski definition) is 4. The topological polar surface area (TPSA) is 55.8 Å². The summed E-state index contributed by atoms with van der Waals surface area (Å²) in [7, 11) is 0. The number of hydrogen-bond donors (Lipinski definition) is 1. The van der Waals surface area contributed by atoms with E-state index >= 15 is 0 Å². The largest absolute Gasteiger partial charge is 0.465 e. The molecule has 0 radical (unpaired) electrons. The third-order valence-electron chi connectivity index (χ3n) is 1.89. The number of ether oxygens (including phenoxy) is 2. The lowest BCUT2D eigenvalue weighted by atomic mass is 10.2. The first-order chi connectivity index (χ1) is 8.11. The van der Waals surface area contributed by atoms with Gasteiger partial charge in [-0.1, -0.05) is 12.1 Å². The van der Waals surface area contributed by atoms with Gasteiger partial charge in [-0.3, -0.25) is 0 Å². The fourth-order valence-electron chi connectivity index (χ4n) is 1.21. The molecule has 0 aliphatic heterocycles. The Hall–Kier alpha value is -1.81. The van der Waals surface area contributed by atoms with E-state index in [1.54, 1.807) is 37.3 Å². The van der Waals surface area contributed by atoms with E-state index < -0.39 is 6.29 Å². The summed E-state index contributed by atoms with van der Waals surface area (Å²) in [4.78, 5) is 11.1. The van der Waals surface area contributed by atoms with Crippen LogP contribution in [0.5, 0.6) is 5.75 Å². The van der Waals surface area contributed by atoms with E-state index in [2.05, 4.69) is 0 Å². The van der Waals surface area contributed by atoms with Crippen molar-refractivity contribution in [1.82, 2.24) is 0 Å². The highest BCUT2D eigenvalue weighted by atomic mass is 16.6.